The Labute approximate surface area is 80.2 Å². The quantitative estimate of drug-likeness (QED) is 0.785. The Morgan fingerprint density at radius 2 is 2.15 bits per heavy atom. The number of hydrogen-bond acceptors (Lipinski definition) is 4. The lowest BCUT2D eigenvalue weighted by molar-refractivity contribution is 0.971. The van der Waals surface area contributed by atoms with E-state index in [-0.39, 0.29) is 0 Å². The van der Waals surface area contributed by atoms with Gasteiger partial charge in [-0.1, -0.05) is 6.07 Å². The number of nitrogens with two attached hydrogens (primary N) is 1. The molecule has 2 heterocycles. The summed E-state index contributed by atoms with van der Waals surface area (Å²) in [7, 11) is 0. The SMILES string of the molecule is NCc1cnncc1-c1cccs1. The van der Waals surface area contributed by atoms with Crippen molar-refractivity contribution >= 4 is 11.3 Å². The number of nitrogens with zero attached hydrogens (tertiary/aromatic N) is 2. The summed E-state index contributed by atoms with van der Waals surface area (Å²) < 4.78 is 0. The van der Waals surface area contributed by atoms with Gasteiger partial charge in [0.15, 0.2) is 0 Å². The summed E-state index contributed by atoms with van der Waals surface area (Å²) in [4.78, 5) is 1.19. The Morgan fingerprint density at radius 1 is 1.31 bits per heavy atom. The Morgan fingerprint density at radius 3 is 2.85 bits per heavy atom. The van der Waals surface area contributed by atoms with Crippen LogP contribution in [0.15, 0.2) is 29.9 Å². The van der Waals surface area contributed by atoms with Crippen molar-refractivity contribution in [2.75, 3.05) is 0 Å². The third-order valence-electron chi connectivity index (χ3n) is 1.82. The minimum Gasteiger partial charge on any atom is -0.326 e. The van der Waals surface area contributed by atoms with Gasteiger partial charge >= 0.3 is 0 Å². The van der Waals surface area contributed by atoms with Gasteiger partial charge in [-0.05, 0) is 17.0 Å². The molecule has 2 rings (SSSR count). The van der Waals surface area contributed by atoms with Crippen LogP contribution in [0.3, 0.4) is 0 Å². The first-order chi connectivity index (χ1) is 6.42. The molecular formula is C9H9N3S. The molecule has 0 aliphatic carbocycles. The summed E-state index contributed by atoms with van der Waals surface area (Å²) in [5.74, 6) is 0. The van der Waals surface area contributed by atoms with Crippen molar-refractivity contribution in [2.45, 2.75) is 6.54 Å². The lowest BCUT2D eigenvalue weighted by atomic mass is 10.1. The van der Waals surface area contributed by atoms with E-state index in [0.717, 1.165) is 11.1 Å². The summed E-state index contributed by atoms with van der Waals surface area (Å²) in [5, 5.41) is 9.69. The number of thiophene rings is 1. The molecule has 4 heteroatoms. The molecule has 0 aliphatic heterocycles. The molecule has 0 aliphatic rings. The first-order valence-corrected chi connectivity index (χ1v) is 4.83. The molecule has 13 heavy (non-hydrogen) atoms. The first kappa shape index (κ1) is 8.34. The third-order valence-corrected chi connectivity index (χ3v) is 2.72. The van der Waals surface area contributed by atoms with E-state index >= 15 is 0 Å². The molecule has 0 unspecified atom stereocenters. The van der Waals surface area contributed by atoms with Crippen LogP contribution in [0.1, 0.15) is 5.56 Å². The van der Waals surface area contributed by atoms with Crippen LogP contribution >= 0.6 is 11.3 Å². The molecule has 0 amide bonds. The molecule has 0 aromatic carbocycles. The van der Waals surface area contributed by atoms with E-state index in [1.807, 2.05) is 11.4 Å². The average molecular weight is 191 g/mol. The second kappa shape index (κ2) is 3.64. The smallest absolute Gasteiger partial charge is 0.0586 e. The first-order valence-electron chi connectivity index (χ1n) is 3.95. The van der Waals surface area contributed by atoms with Gasteiger partial charge in [0.05, 0.1) is 12.4 Å². The molecule has 2 aromatic heterocycles. The van der Waals surface area contributed by atoms with Crippen LogP contribution < -0.4 is 5.73 Å². The maximum atomic E-state index is 5.59. The minimum atomic E-state index is 0.503. The molecule has 2 aromatic rings. The van der Waals surface area contributed by atoms with E-state index in [1.165, 1.54) is 4.88 Å². The summed E-state index contributed by atoms with van der Waals surface area (Å²) in [5.41, 5.74) is 7.72. The molecule has 2 N–H and O–H groups in total. The molecule has 0 bridgehead atoms. The molecule has 0 radical (unpaired) electrons. The fourth-order valence-electron chi connectivity index (χ4n) is 1.16. The molecule has 3 nitrogen and oxygen atoms in total. The monoisotopic (exact) mass is 191 g/mol. The van der Waals surface area contributed by atoms with Crippen molar-refractivity contribution in [3.05, 3.63) is 35.5 Å². The van der Waals surface area contributed by atoms with Gasteiger partial charge < -0.3 is 5.73 Å². The van der Waals surface area contributed by atoms with Crippen LogP contribution in [0.4, 0.5) is 0 Å². The van der Waals surface area contributed by atoms with E-state index in [0.29, 0.717) is 6.54 Å². The van der Waals surface area contributed by atoms with Crippen LogP contribution in [0.2, 0.25) is 0 Å². The Hall–Kier alpha value is -1.26. The molecule has 66 valence electrons. The fraction of sp³-hybridized carbons (Fsp3) is 0.111. The van der Waals surface area contributed by atoms with Crippen molar-refractivity contribution in [1.82, 2.24) is 10.2 Å². The zero-order valence-electron chi connectivity index (χ0n) is 6.97. The molecule has 0 spiro atoms. The highest BCUT2D eigenvalue weighted by Gasteiger charge is 2.04. The zero-order valence-corrected chi connectivity index (χ0v) is 7.79. The maximum absolute atomic E-state index is 5.59. The van der Waals surface area contributed by atoms with Crippen molar-refractivity contribution < 1.29 is 0 Å². The normalized spacial score (nSPS) is 10.2. The van der Waals surface area contributed by atoms with Gasteiger partial charge in [0.1, 0.15) is 0 Å². The van der Waals surface area contributed by atoms with Gasteiger partial charge in [-0.25, -0.2) is 0 Å². The summed E-state index contributed by atoms with van der Waals surface area (Å²) in [6.45, 7) is 0.503. The zero-order chi connectivity index (χ0) is 9.10. The summed E-state index contributed by atoms with van der Waals surface area (Å²) >= 11 is 1.68. The highest BCUT2D eigenvalue weighted by molar-refractivity contribution is 7.13. The summed E-state index contributed by atoms with van der Waals surface area (Å²) in [6.07, 6.45) is 3.48. The predicted molar refractivity (Wildman–Crippen MR) is 53.2 cm³/mol. The third kappa shape index (κ3) is 1.59. The molecule has 0 fully saturated rings. The second-order valence-corrected chi connectivity index (χ2v) is 3.56. The highest BCUT2D eigenvalue weighted by Crippen LogP contribution is 2.26. The Kier molecular flexibility index (Phi) is 2.33. The molecular weight excluding hydrogens is 182 g/mol. The van der Waals surface area contributed by atoms with Crippen molar-refractivity contribution in [1.29, 1.82) is 0 Å². The van der Waals surface area contributed by atoms with Crippen molar-refractivity contribution in [2.24, 2.45) is 5.73 Å². The highest BCUT2D eigenvalue weighted by atomic mass is 32.1. The Bertz CT molecular complexity index is 384. The molecule has 0 atom stereocenters. The van der Waals surface area contributed by atoms with Crippen LogP contribution in [-0.2, 0) is 6.54 Å². The predicted octanol–water partition coefficient (Wildman–Crippen LogP) is 1.66. The lowest BCUT2D eigenvalue weighted by Gasteiger charge is -2.02. The number of rotatable bonds is 2. The average Bonchev–Trinajstić information content (AvgIpc) is 2.70. The van der Waals surface area contributed by atoms with Gasteiger partial charge in [-0.3, -0.25) is 0 Å². The van der Waals surface area contributed by atoms with Gasteiger partial charge in [0.25, 0.3) is 0 Å². The van der Waals surface area contributed by atoms with Crippen LogP contribution in [0.5, 0.6) is 0 Å². The van der Waals surface area contributed by atoms with E-state index in [4.69, 9.17) is 5.73 Å². The fourth-order valence-corrected chi connectivity index (χ4v) is 1.93. The minimum absolute atomic E-state index is 0.503. The van der Waals surface area contributed by atoms with Crippen LogP contribution in [0.25, 0.3) is 10.4 Å². The van der Waals surface area contributed by atoms with Gasteiger partial charge in [0.2, 0.25) is 0 Å². The van der Waals surface area contributed by atoms with Gasteiger partial charge in [-0.2, -0.15) is 10.2 Å². The molecule has 0 saturated heterocycles. The van der Waals surface area contributed by atoms with Crippen molar-refractivity contribution in [3.8, 4) is 10.4 Å². The maximum Gasteiger partial charge on any atom is 0.0586 e. The van der Waals surface area contributed by atoms with E-state index < -0.39 is 0 Å². The number of hydrogen-bond donors (Lipinski definition) is 1. The largest absolute Gasteiger partial charge is 0.326 e. The van der Waals surface area contributed by atoms with E-state index in [1.54, 1.807) is 23.7 Å². The van der Waals surface area contributed by atoms with Crippen LogP contribution in [-0.4, -0.2) is 10.2 Å². The van der Waals surface area contributed by atoms with Crippen LogP contribution in [0, 0.1) is 0 Å². The Balaban J connectivity index is 2.51. The summed E-state index contributed by atoms with van der Waals surface area (Å²) in [6, 6.07) is 4.07. The lowest BCUT2D eigenvalue weighted by Crippen LogP contribution is -2.00. The topological polar surface area (TPSA) is 51.8 Å². The van der Waals surface area contributed by atoms with Gasteiger partial charge in [0, 0.05) is 17.0 Å². The van der Waals surface area contributed by atoms with E-state index in [9.17, 15) is 0 Å². The second-order valence-electron chi connectivity index (χ2n) is 2.61. The van der Waals surface area contributed by atoms with Gasteiger partial charge in [-0.15, -0.1) is 11.3 Å². The standard InChI is InChI=1S/C9H9N3S/c10-4-7-5-11-12-6-8(7)9-2-1-3-13-9/h1-3,5-6H,4,10H2. The van der Waals surface area contributed by atoms with E-state index in [2.05, 4.69) is 16.3 Å². The molecule has 0 saturated carbocycles. The van der Waals surface area contributed by atoms with Crippen molar-refractivity contribution in [3.63, 3.8) is 0 Å². The number of aromatic nitrogens is 2.